The van der Waals surface area contributed by atoms with Crippen LogP contribution in [0.4, 0.5) is 43.9 Å². The number of esters is 2. The second-order valence-electron chi connectivity index (χ2n) is 5.40. The monoisotopic (exact) mass is 542 g/mol. The molecular weight excluding hydrogens is 534 g/mol. The quantitative estimate of drug-likeness (QED) is 0.249. The molecule has 0 bridgehead atoms. The van der Waals surface area contributed by atoms with Crippen LogP contribution in [0.2, 0.25) is 0 Å². The van der Waals surface area contributed by atoms with Crippen molar-refractivity contribution in [3.05, 3.63) is 0 Å². The molecule has 2 atom stereocenters. The van der Waals surface area contributed by atoms with Gasteiger partial charge in [-0.05, 0) is 0 Å². The fourth-order valence-corrected chi connectivity index (χ4v) is 2.41. The fraction of sp³-hybridized carbons (Fsp3) is 0.800. The van der Waals surface area contributed by atoms with Crippen LogP contribution in [0.5, 0.6) is 0 Å². The van der Waals surface area contributed by atoms with Crippen LogP contribution in [0.15, 0.2) is 0 Å². The maximum Gasteiger partial charge on any atom is 0.432 e. The van der Waals surface area contributed by atoms with E-state index in [2.05, 4.69) is 9.47 Å². The zero-order valence-electron chi connectivity index (χ0n) is 14.3. The lowest BCUT2D eigenvalue weighted by Gasteiger charge is -2.26. The van der Waals surface area contributed by atoms with Gasteiger partial charge in [-0.15, -0.1) is 0 Å². The van der Waals surface area contributed by atoms with Gasteiger partial charge in [0.25, 0.3) is 12.2 Å². The first-order valence-corrected chi connectivity index (χ1v) is 9.86. The van der Waals surface area contributed by atoms with Crippen LogP contribution in [0.25, 0.3) is 0 Å². The second-order valence-corrected chi connectivity index (χ2v) is 8.39. The normalized spacial score (nSPS) is 16.2. The Hall–Kier alpha value is -1.94. The van der Waals surface area contributed by atoms with E-state index in [-0.39, 0.29) is 0 Å². The maximum atomic E-state index is 13.2. The standard InChI is InChI=1S/C10H8F10O10S2/c11-7(12,13)5(9(17,18)31(23,24)25)29-3(21)1-2-4(22)30-6(8(14,15)16)10(19,20)32(26,27)28/h5-6H,1-2H2,(H,23,24,25)(H,26,27,28). The molecule has 0 aliphatic rings. The topological polar surface area (TPSA) is 161 Å². The number of hydrogen-bond donors (Lipinski definition) is 2. The first kappa shape index (κ1) is 30.1. The molecule has 2 unspecified atom stereocenters. The molecule has 0 aliphatic carbocycles. The summed E-state index contributed by atoms with van der Waals surface area (Å²) in [6.45, 7) is 0. The molecule has 0 aromatic rings. The van der Waals surface area contributed by atoms with E-state index in [0.717, 1.165) is 0 Å². The molecule has 2 N–H and O–H groups in total. The summed E-state index contributed by atoms with van der Waals surface area (Å²) in [6.07, 6.45) is -26.2. The van der Waals surface area contributed by atoms with Crippen molar-refractivity contribution < 1.29 is 88.9 Å². The zero-order chi connectivity index (χ0) is 26.1. The molecule has 0 fully saturated rings. The predicted octanol–water partition coefficient (Wildman–Crippen LogP) is 1.68. The highest BCUT2D eigenvalue weighted by Crippen LogP contribution is 2.39. The summed E-state index contributed by atoms with van der Waals surface area (Å²) in [6, 6.07) is 0. The molecule has 0 radical (unpaired) electrons. The van der Waals surface area contributed by atoms with Gasteiger partial charge in [-0.2, -0.15) is 60.7 Å². The molecule has 10 nitrogen and oxygen atoms in total. The van der Waals surface area contributed by atoms with Crippen molar-refractivity contribution in [2.24, 2.45) is 0 Å². The highest BCUT2D eigenvalue weighted by Gasteiger charge is 2.67. The summed E-state index contributed by atoms with van der Waals surface area (Å²) in [5.41, 5.74) is 0. The van der Waals surface area contributed by atoms with E-state index in [1.54, 1.807) is 0 Å². The van der Waals surface area contributed by atoms with Crippen LogP contribution in [0.3, 0.4) is 0 Å². The number of alkyl halides is 10. The average molecular weight is 542 g/mol. The van der Waals surface area contributed by atoms with Crippen LogP contribution < -0.4 is 0 Å². The van der Waals surface area contributed by atoms with Crippen molar-refractivity contribution in [2.75, 3.05) is 0 Å². The predicted molar refractivity (Wildman–Crippen MR) is 74.1 cm³/mol. The van der Waals surface area contributed by atoms with Gasteiger partial charge in [0.1, 0.15) is 0 Å². The van der Waals surface area contributed by atoms with Crippen LogP contribution >= 0.6 is 0 Å². The molecule has 0 aliphatic heterocycles. The molecule has 0 saturated heterocycles. The number of halogens is 10. The van der Waals surface area contributed by atoms with Crippen LogP contribution in [-0.4, -0.2) is 72.9 Å². The first-order chi connectivity index (χ1) is 13.8. The van der Waals surface area contributed by atoms with Crippen LogP contribution in [0, 0.1) is 0 Å². The van der Waals surface area contributed by atoms with Crippen molar-refractivity contribution in [2.45, 2.75) is 47.9 Å². The molecule has 0 saturated carbocycles. The number of carbonyl (C=O) groups is 2. The number of rotatable bonds is 9. The highest BCUT2D eigenvalue weighted by atomic mass is 32.2. The Labute approximate surface area is 169 Å². The SMILES string of the molecule is O=C(CCC(=O)OC(C(F)(F)F)C(F)(F)S(=O)(=O)O)OC(C(F)(F)F)C(F)(F)S(=O)(=O)O. The Morgan fingerprint density at radius 3 is 1.00 bits per heavy atom. The van der Waals surface area contributed by atoms with Gasteiger partial charge in [0.2, 0.25) is 0 Å². The van der Waals surface area contributed by atoms with E-state index in [4.69, 9.17) is 9.11 Å². The van der Waals surface area contributed by atoms with Crippen LogP contribution in [-0.2, 0) is 39.3 Å². The Morgan fingerprint density at radius 2 is 0.844 bits per heavy atom. The van der Waals surface area contributed by atoms with Crippen molar-refractivity contribution in [3.8, 4) is 0 Å². The zero-order valence-corrected chi connectivity index (χ0v) is 16.0. The minimum Gasteiger partial charge on any atom is -0.445 e. The number of hydrogen-bond acceptors (Lipinski definition) is 8. The van der Waals surface area contributed by atoms with E-state index >= 15 is 0 Å². The lowest BCUT2D eigenvalue weighted by atomic mass is 10.3. The minimum absolute atomic E-state index is 1.91. The minimum atomic E-state index is -6.84. The summed E-state index contributed by atoms with van der Waals surface area (Å²) in [5, 5.41) is -12.4. The molecule has 0 amide bonds. The molecule has 32 heavy (non-hydrogen) atoms. The third-order valence-corrected chi connectivity index (χ3v) is 4.73. The highest BCUT2D eigenvalue weighted by molar-refractivity contribution is 7.87. The lowest BCUT2D eigenvalue weighted by Crippen LogP contribution is -2.52. The van der Waals surface area contributed by atoms with Crippen molar-refractivity contribution in [3.63, 3.8) is 0 Å². The molecule has 0 aromatic carbocycles. The van der Waals surface area contributed by atoms with Gasteiger partial charge in [0.15, 0.2) is 0 Å². The summed E-state index contributed by atoms with van der Waals surface area (Å²) >= 11 is 0. The molecule has 0 spiro atoms. The molecule has 0 rings (SSSR count). The molecule has 0 aromatic heterocycles. The smallest absolute Gasteiger partial charge is 0.432 e. The van der Waals surface area contributed by atoms with Gasteiger partial charge in [-0.3, -0.25) is 18.7 Å². The van der Waals surface area contributed by atoms with Crippen LogP contribution in [0.1, 0.15) is 12.8 Å². The van der Waals surface area contributed by atoms with E-state index < -0.39 is 80.1 Å². The molecule has 0 heterocycles. The third kappa shape index (κ3) is 7.30. The summed E-state index contributed by atoms with van der Waals surface area (Å²) < 4.78 is 192. The van der Waals surface area contributed by atoms with E-state index in [1.165, 1.54) is 0 Å². The molecule has 22 heteroatoms. The van der Waals surface area contributed by atoms with E-state index in [1.807, 2.05) is 0 Å². The van der Waals surface area contributed by atoms with Crippen molar-refractivity contribution in [1.29, 1.82) is 0 Å². The second kappa shape index (κ2) is 9.13. The van der Waals surface area contributed by atoms with Gasteiger partial charge in [0.05, 0.1) is 12.8 Å². The van der Waals surface area contributed by atoms with Crippen molar-refractivity contribution in [1.82, 2.24) is 0 Å². The van der Waals surface area contributed by atoms with Gasteiger partial charge >= 0.3 is 55.0 Å². The first-order valence-electron chi connectivity index (χ1n) is 6.98. The van der Waals surface area contributed by atoms with Gasteiger partial charge in [0, 0.05) is 0 Å². The Bertz CT molecular complexity index is 845. The Morgan fingerprint density at radius 1 is 0.625 bits per heavy atom. The number of carbonyl (C=O) groups excluding carboxylic acids is 2. The summed E-state index contributed by atoms with van der Waals surface area (Å²) in [7, 11) is -13.7. The maximum absolute atomic E-state index is 13.2. The Kier molecular flexibility index (Phi) is 8.58. The van der Waals surface area contributed by atoms with Gasteiger partial charge < -0.3 is 9.47 Å². The molecule has 190 valence electrons. The summed E-state index contributed by atoms with van der Waals surface area (Å²) in [4.78, 5) is 22.3. The largest absolute Gasteiger partial charge is 0.445 e. The molecular formula is C10H8F10O10S2. The van der Waals surface area contributed by atoms with Gasteiger partial charge in [-0.1, -0.05) is 0 Å². The third-order valence-electron chi connectivity index (χ3n) is 2.92. The van der Waals surface area contributed by atoms with Gasteiger partial charge in [-0.25, -0.2) is 0 Å². The van der Waals surface area contributed by atoms with E-state index in [9.17, 15) is 70.3 Å². The summed E-state index contributed by atoms with van der Waals surface area (Å²) in [5.74, 6) is -5.12. The fourth-order valence-electron chi connectivity index (χ4n) is 1.51. The average Bonchev–Trinajstić information content (AvgIpc) is 2.51. The number of ether oxygens (including phenoxy) is 2. The van der Waals surface area contributed by atoms with Crippen molar-refractivity contribution >= 4 is 32.2 Å². The Balaban J connectivity index is 5.47. The lowest BCUT2D eigenvalue weighted by molar-refractivity contribution is -0.261. The van der Waals surface area contributed by atoms with E-state index in [0.29, 0.717) is 0 Å².